The van der Waals surface area contributed by atoms with E-state index in [2.05, 4.69) is 0 Å². The molecule has 33 heavy (non-hydrogen) atoms. The number of hydrogen-bond acceptors (Lipinski definition) is 7. The van der Waals surface area contributed by atoms with E-state index in [9.17, 15) is 15.0 Å². The van der Waals surface area contributed by atoms with Crippen molar-refractivity contribution in [3.05, 3.63) is 40.5 Å². The molecular weight excluding hydrogens is 424 g/mol. The van der Waals surface area contributed by atoms with Gasteiger partial charge in [0, 0.05) is 22.8 Å². The zero-order valence-corrected chi connectivity index (χ0v) is 19.7. The predicted octanol–water partition coefficient (Wildman–Crippen LogP) is 4.07. The highest BCUT2D eigenvalue weighted by molar-refractivity contribution is 6.09. The fourth-order valence-corrected chi connectivity index (χ4v) is 5.07. The van der Waals surface area contributed by atoms with E-state index in [1.807, 2.05) is 27.7 Å². The maximum absolute atomic E-state index is 13.7. The van der Waals surface area contributed by atoms with E-state index in [-0.39, 0.29) is 34.9 Å². The van der Waals surface area contributed by atoms with Crippen LogP contribution in [-0.2, 0) is 18.4 Å². The van der Waals surface area contributed by atoms with Gasteiger partial charge in [0.2, 0.25) is 5.78 Å². The van der Waals surface area contributed by atoms with Crippen LogP contribution in [0.5, 0.6) is 28.7 Å². The van der Waals surface area contributed by atoms with Crippen LogP contribution < -0.4 is 18.9 Å². The van der Waals surface area contributed by atoms with E-state index in [1.165, 1.54) is 13.2 Å². The second-order valence-corrected chi connectivity index (χ2v) is 10.4. The number of rotatable bonds is 2. The molecule has 5 rings (SSSR count). The number of methoxy groups -OCH3 is 1. The number of aliphatic hydroxyl groups is 1. The van der Waals surface area contributed by atoms with Gasteiger partial charge in [-0.3, -0.25) is 4.79 Å². The number of Topliss-reactive ketones (excluding diaryl/α,β-unsaturated/α-hetero) is 1. The molecule has 7 heteroatoms. The van der Waals surface area contributed by atoms with Crippen LogP contribution in [0.15, 0.2) is 18.2 Å². The Morgan fingerprint density at radius 2 is 1.61 bits per heavy atom. The maximum Gasteiger partial charge on any atom is 0.210 e. The van der Waals surface area contributed by atoms with Gasteiger partial charge in [0.15, 0.2) is 5.60 Å². The van der Waals surface area contributed by atoms with Crippen LogP contribution in [0, 0.1) is 0 Å². The third kappa shape index (κ3) is 3.32. The molecule has 0 fully saturated rings. The maximum atomic E-state index is 13.7. The van der Waals surface area contributed by atoms with Gasteiger partial charge in [-0.25, -0.2) is 0 Å². The van der Waals surface area contributed by atoms with Gasteiger partial charge in [0.25, 0.3) is 0 Å². The Balaban J connectivity index is 1.60. The monoisotopic (exact) mass is 454 g/mol. The summed E-state index contributed by atoms with van der Waals surface area (Å²) in [6, 6.07) is 4.85. The van der Waals surface area contributed by atoms with Gasteiger partial charge >= 0.3 is 0 Å². The molecule has 1 atom stereocenters. The Hall–Kier alpha value is -2.93. The molecule has 0 unspecified atom stereocenters. The summed E-state index contributed by atoms with van der Waals surface area (Å²) in [6.45, 7) is 7.70. The molecular formula is C26H30O7. The van der Waals surface area contributed by atoms with E-state index in [0.29, 0.717) is 35.7 Å². The molecule has 2 aromatic rings. The van der Waals surface area contributed by atoms with Crippen LogP contribution >= 0.6 is 0 Å². The largest absolute Gasteiger partial charge is 0.507 e. The molecule has 3 aliphatic heterocycles. The first-order valence-corrected chi connectivity index (χ1v) is 11.3. The number of aromatic hydroxyl groups is 1. The summed E-state index contributed by atoms with van der Waals surface area (Å²) >= 11 is 0. The third-order valence-corrected chi connectivity index (χ3v) is 6.94. The van der Waals surface area contributed by atoms with Crippen molar-refractivity contribution in [1.82, 2.24) is 0 Å². The minimum atomic E-state index is -2.01. The lowest BCUT2D eigenvalue weighted by atomic mass is 9.80. The minimum Gasteiger partial charge on any atom is -0.507 e. The molecule has 0 bridgehead atoms. The number of carbonyl (C=O) groups excluding carboxylic acids is 1. The van der Waals surface area contributed by atoms with Crippen molar-refractivity contribution in [2.75, 3.05) is 13.7 Å². The Morgan fingerprint density at radius 3 is 2.27 bits per heavy atom. The molecule has 2 aromatic carbocycles. The lowest BCUT2D eigenvalue weighted by molar-refractivity contribution is -0.00799. The van der Waals surface area contributed by atoms with Gasteiger partial charge in [-0.2, -0.15) is 0 Å². The molecule has 0 aliphatic carbocycles. The fourth-order valence-electron chi connectivity index (χ4n) is 5.07. The zero-order valence-electron chi connectivity index (χ0n) is 19.7. The Bertz CT molecular complexity index is 1160. The fraction of sp³-hybridized carbons (Fsp3) is 0.500. The summed E-state index contributed by atoms with van der Waals surface area (Å²) in [7, 11) is 1.51. The molecule has 0 saturated carbocycles. The number of phenolic OH excluding ortho intramolecular Hbond substituents is 1. The number of carbonyl (C=O) groups is 1. The first-order chi connectivity index (χ1) is 15.5. The molecule has 0 spiro atoms. The Kier molecular flexibility index (Phi) is 4.67. The first-order valence-electron chi connectivity index (χ1n) is 11.3. The van der Waals surface area contributed by atoms with Crippen molar-refractivity contribution in [2.45, 2.75) is 70.2 Å². The number of benzene rings is 2. The van der Waals surface area contributed by atoms with Crippen LogP contribution in [0.4, 0.5) is 0 Å². The molecule has 0 radical (unpaired) electrons. The number of ether oxygens (including phenoxy) is 4. The lowest BCUT2D eigenvalue weighted by Gasteiger charge is -2.39. The van der Waals surface area contributed by atoms with Gasteiger partial charge in [0.05, 0.1) is 7.11 Å². The number of phenols is 1. The average Bonchev–Trinajstić information content (AvgIpc) is 2.73. The van der Waals surface area contributed by atoms with Crippen molar-refractivity contribution >= 4 is 5.78 Å². The van der Waals surface area contributed by atoms with Gasteiger partial charge < -0.3 is 29.2 Å². The standard InChI is InChI=1S/C26H30O7/c1-24(2)10-8-14-18(32-24)7-6-16(21(14)30-5)26(29)13-31-22-15-9-11-25(3,4)33-19(15)12-17(27)20(22)23(26)28/h6-7,12,27,29H,8-11,13H2,1-5H3/t26-/m1/s1. The lowest BCUT2D eigenvalue weighted by Crippen LogP contribution is -2.46. The van der Waals surface area contributed by atoms with Gasteiger partial charge in [-0.1, -0.05) is 0 Å². The van der Waals surface area contributed by atoms with Gasteiger partial charge in [-0.05, 0) is 65.5 Å². The second kappa shape index (κ2) is 7.03. The van der Waals surface area contributed by atoms with Gasteiger partial charge in [0.1, 0.15) is 52.1 Å². The summed E-state index contributed by atoms with van der Waals surface area (Å²) in [5.41, 5.74) is -0.862. The normalized spacial score (nSPS) is 24.4. The van der Waals surface area contributed by atoms with Crippen LogP contribution in [0.25, 0.3) is 0 Å². The SMILES string of the molecule is COc1c([C@]2(O)COc3c4c(cc(O)c3C2=O)OC(C)(C)CC4)ccc2c1CCC(C)(C)O2. The molecule has 7 nitrogen and oxygen atoms in total. The first kappa shape index (κ1) is 21.9. The van der Waals surface area contributed by atoms with Crippen molar-refractivity contribution in [2.24, 2.45) is 0 Å². The van der Waals surface area contributed by atoms with E-state index in [1.54, 1.807) is 12.1 Å². The van der Waals surface area contributed by atoms with E-state index in [4.69, 9.17) is 18.9 Å². The highest BCUT2D eigenvalue weighted by Gasteiger charge is 2.49. The summed E-state index contributed by atoms with van der Waals surface area (Å²) in [5.74, 6) is 0.991. The van der Waals surface area contributed by atoms with Crippen molar-refractivity contribution in [3.63, 3.8) is 0 Å². The molecule has 3 heterocycles. The highest BCUT2D eigenvalue weighted by atomic mass is 16.5. The molecule has 0 saturated heterocycles. The van der Waals surface area contributed by atoms with Crippen molar-refractivity contribution in [3.8, 4) is 28.7 Å². The second-order valence-electron chi connectivity index (χ2n) is 10.4. The topological polar surface area (TPSA) is 94.5 Å². The third-order valence-electron chi connectivity index (χ3n) is 6.94. The summed E-state index contributed by atoms with van der Waals surface area (Å²) in [4.78, 5) is 13.7. The predicted molar refractivity (Wildman–Crippen MR) is 121 cm³/mol. The van der Waals surface area contributed by atoms with Crippen molar-refractivity contribution < 1.29 is 34.0 Å². The smallest absolute Gasteiger partial charge is 0.210 e. The quantitative estimate of drug-likeness (QED) is 0.706. The number of fused-ring (bicyclic) bond motifs is 4. The molecule has 3 aliphatic rings. The van der Waals surface area contributed by atoms with Crippen LogP contribution in [-0.4, -0.2) is 40.9 Å². The van der Waals surface area contributed by atoms with Crippen LogP contribution in [0.1, 0.15) is 67.6 Å². The zero-order chi connectivity index (χ0) is 23.8. The number of ketones is 1. The summed E-state index contributed by atoms with van der Waals surface area (Å²) < 4.78 is 23.8. The minimum absolute atomic E-state index is 0.0250. The number of hydrogen-bond donors (Lipinski definition) is 2. The molecule has 2 N–H and O–H groups in total. The summed E-state index contributed by atoms with van der Waals surface area (Å²) in [5, 5.41) is 22.4. The molecule has 0 aromatic heterocycles. The molecule has 176 valence electrons. The van der Waals surface area contributed by atoms with E-state index >= 15 is 0 Å². The summed E-state index contributed by atoms with van der Waals surface area (Å²) in [6.07, 6.45) is 2.85. The van der Waals surface area contributed by atoms with Crippen molar-refractivity contribution in [1.29, 1.82) is 0 Å². The van der Waals surface area contributed by atoms with Crippen LogP contribution in [0.2, 0.25) is 0 Å². The molecule has 0 amide bonds. The van der Waals surface area contributed by atoms with E-state index in [0.717, 1.165) is 24.0 Å². The van der Waals surface area contributed by atoms with E-state index < -0.39 is 11.4 Å². The average molecular weight is 455 g/mol. The van der Waals surface area contributed by atoms with Crippen LogP contribution in [0.3, 0.4) is 0 Å². The van der Waals surface area contributed by atoms with Gasteiger partial charge in [-0.15, -0.1) is 0 Å². The highest BCUT2D eigenvalue weighted by Crippen LogP contribution is 2.51. The Labute approximate surface area is 193 Å². The Morgan fingerprint density at radius 1 is 0.970 bits per heavy atom.